The van der Waals surface area contributed by atoms with Crippen molar-refractivity contribution >= 4 is 34.0 Å². The molecule has 0 amide bonds. The molecule has 2 N–H and O–H groups in total. The quantitative estimate of drug-likeness (QED) is 0.390. The average Bonchev–Trinajstić information content (AvgIpc) is 3.49. The molecule has 1 fully saturated rings. The summed E-state index contributed by atoms with van der Waals surface area (Å²) in [4.78, 5) is 6.51. The van der Waals surface area contributed by atoms with Crippen molar-refractivity contribution in [3.63, 3.8) is 0 Å². The molecule has 1 aliphatic heterocycles. The topological polar surface area (TPSA) is 72.3 Å². The van der Waals surface area contributed by atoms with Gasteiger partial charge in [-0.25, -0.2) is 13.8 Å². The van der Waals surface area contributed by atoms with Crippen LogP contribution in [-0.2, 0) is 6.42 Å². The Hall–Kier alpha value is -3.66. The number of aromatic nitrogens is 4. The van der Waals surface area contributed by atoms with Gasteiger partial charge in [0.2, 0.25) is 5.95 Å². The summed E-state index contributed by atoms with van der Waals surface area (Å²) in [6.07, 6.45) is 5.99. The van der Waals surface area contributed by atoms with Gasteiger partial charge < -0.3 is 10.6 Å². The normalized spacial score (nSPS) is 15.8. The first-order valence-electron chi connectivity index (χ1n) is 10.2. The lowest BCUT2D eigenvalue weighted by Crippen LogP contribution is -2.27. The molecule has 2 aromatic carbocycles. The number of hydrogen-bond donors (Lipinski definition) is 1. The maximum atomic E-state index is 14.0. The van der Waals surface area contributed by atoms with Gasteiger partial charge in [-0.15, -0.1) is 10.2 Å². The number of halogens is 1. The monoisotopic (exact) mass is 398 g/mol. The molecule has 1 saturated carbocycles. The Balaban J connectivity index is 1.54. The van der Waals surface area contributed by atoms with Gasteiger partial charge in [-0.2, -0.15) is 0 Å². The van der Waals surface area contributed by atoms with Gasteiger partial charge in [0, 0.05) is 35.3 Å². The molecule has 2 aromatic heterocycles. The van der Waals surface area contributed by atoms with Crippen LogP contribution < -0.4 is 10.6 Å². The smallest absolute Gasteiger partial charge is 0.256 e. The lowest BCUT2D eigenvalue weighted by atomic mass is 9.96. The summed E-state index contributed by atoms with van der Waals surface area (Å²) in [5.74, 6) is 7.98. The van der Waals surface area contributed by atoms with Gasteiger partial charge >= 0.3 is 0 Å². The van der Waals surface area contributed by atoms with Crippen molar-refractivity contribution in [2.24, 2.45) is 5.92 Å². The van der Waals surface area contributed by atoms with E-state index in [4.69, 9.17) is 5.73 Å². The van der Waals surface area contributed by atoms with E-state index in [9.17, 15) is 4.39 Å². The largest absolute Gasteiger partial charge is 0.396 e. The van der Waals surface area contributed by atoms with E-state index in [1.54, 1.807) is 12.3 Å². The van der Waals surface area contributed by atoms with E-state index in [0.717, 1.165) is 36.2 Å². The van der Waals surface area contributed by atoms with Crippen LogP contribution in [-0.4, -0.2) is 26.1 Å². The molecule has 6 rings (SSSR count). The van der Waals surface area contributed by atoms with Crippen molar-refractivity contribution in [2.45, 2.75) is 25.7 Å². The summed E-state index contributed by atoms with van der Waals surface area (Å²) in [6, 6.07) is 9.26. The maximum absolute atomic E-state index is 14.0. The molecular formula is C23H19FN6. The van der Waals surface area contributed by atoms with Crippen LogP contribution in [0.1, 0.15) is 30.4 Å². The highest BCUT2D eigenvalue weighted by Gasteiger charge is 2.25. The van der Waals surface area contributed by atoms with Crippen molar-refractivity contribution in [3.8, 4) is 11.8 Å². The average molecular weight is 398 g/mol. The Morgan fingerprint density at radius 3 is 2.93 bits per heavy atom. The second kappa shape index (κ2) is 6.42. The molecule has 0 saturated heterocycles. The predicted molar refractivity (Wildman–Crippen MR) is 114 cm³/mol. The molecular weight excluding hydrogens is 379 g/mol. The third kappa shape index (κ3) is 2.68. The molecule has 0 atom stereocenters. The Bertz CT molecular complexity index is 1380. The summed E-state index contributed by atoms with van der Waals surface area (Å²) in [7, 11) is 0. The number of nitrogens with zero attached hydrogens (tertiary/aromatic N) is 5. The molecule has 1 aliphatic carbocycles. The fourth-order valence-corrected chi connectivity index (χ4v) is 4.12. The van der Waals surface area contributed by atoms with E-state index in [1.807, 2.05) is 10.5 Å². The van der Waals surface area contributed by atoms with Crippen LogP contribution in [0.3, 0.4) is 0 Å². The van der Waals surface area contributed by atoms with Crippen molar-refractivity contribution in [1.82, 2.24) is 19.6 Å². The molecule has 2 aliphatic rings. The van der Waals surface area contributed by atoms with Crippen LogP contribution in [0.15, 0.2) is 36.5 Å². The third-order valence-electron chi connectivity index (χ3n) is 5.82. The Labute approximate surface area is 172 Å². The second-order valence-corrected chi connectivity index (χ2v) is 7.93. The van der Waals surface area contributed by atoms with Gasteiger partial charge in [0.25, 0.3) is 5.78 Å². The fourth-order valence-electron chi connectivity index (χ4n) is 4.12. The van der Waals surface area contributed by atoms with Gasteiger partial charge in [-0.1, -0.05) is 17.9 Å². The zero-order valence-corrected chi connectivity index (χ0v) is 16.3. The Morgan fingerprint density at radius 2 is 2.07 bits per heavy atom. The Kier molecular flexibility index (Phi) is 3.69. The first-order chi connectivity index (χ1) is 14.7. The third-order valence-corrected chi connectivity index (χ3v) is 5.82. The van der Waals surface area contributed by atoms with Crippen LogP contribution in [0.2, 0.25) is 0 Å². The highest BCUT2D eigenvalue weighted by Crippen LogP contribution is 2.36. The predicted octanol–water partition coefficient (Wildman–Crippen LogP) is 3.84. The zero-order valence-electron chi connectivity index (χ0n) is 16.3. The number of fused-ring (bicyclic) bond motifs is 4. The van der Waals surface area contributed by atoms with Crippen molar-refractivity contribution < 1.29 is 4.39 Å². The van der Waals surface area contributed by atoms with Crippen LogP contribution in [0, 0.1) is 23.6 Å². The van der Waals surface area contributed by atoms with Crippen molar-refractivity contribution in [2.75, 3.05) is 17.2 Å². The molecule has 6 nitrogen and oxygen atoms in total. The van der Waals surface area contributed by atoms with E-state index < -0.39 is 5.82 Å². The molecule has 0 spiro atoms. The number of anilines is 3. The van der Waals surface area contributed by atoms with E-state index in [-0.39, 0.29) is 5.69 Å². The van der Waals surface area contributed by atoms with E-state index >= 15 is 0 Å². The van der Waals surface area contributed by atoms with Gasteiger partial charge in [0.05, 0.1) is 11.2 Å². The van der Waals surface area contributed by atoms with E-state index in [0.29, 0.717) is 23.0 Å². The summed E-state index contributed by atoms with van der Waals surface area (Å²) >= 11 is 0. The highest BCUT2D eigenvalue weighted by molar-refractivity contribution is 5.85. The first-order valence-corrected chi connectivity index (χ1v) is 10.2. The molecule has 0 unspecified atom stereocenters. The van der Waals surface area contributed by atoms with Crippen molar-refractivity contribution in [1.29, 1.82) is 0 Å². The lowest BCUT2D eigenvalue weighted by molar-refractivity contribution is 0.634. The molecule has 7 heteroatoms. The summed E-state index contributed by atoms with van der Waals surface area (Å²) in [5.41, 5.74) is 10.1. The molecule has 4 aromatic rings. The molecule has 148 valence electrons. The zero-order chi connectivity index (χ0) is 20.2. The lowest BCUT2D eigenvalue weighted by Gasteiger charge is -2.30. The molecule has 30 heavy (non-hydrogen) atoms. The summed E-state index contributed by atoms with van der Waals surface area (Å²) < 4.78 is 15.8. The second-order valence-electron chi connectivity index (χ2n) is 7.93. The highest BCUT2D eigenvalue weighted by atomic mass is 19.1. The maximum Gasteiger partial charge on any atom is 0.256 e. The molecule has 0 bridgehead atoms. The number of nitrogens with two attached hydrogens (primary N) is 1. The van der Waals surface area contributed by atoms with Crippen molar-refractivity contribution in [3.05, 3.63) is 53.5 Å². The summed E-state index contributed by atoms with van der Waals surface area (Å²) in [6.45, 7) is 0.806. The van der Waals surface area contributed by atoms with Crippen LogP contribution in [0.5, 0.6) is 0 Å². The Morgan fingerprint density at radius 1 is 1.17 bits per heavy atom. The molecule has 3 heterocycles. The minimum absolute atomic E-state index is 0.0892. The van der Waals surface area contributed by atoms with Gasteiger partial charge in [-0.05, 0) is 55.5 Å². The number of benzene rings is 2. The summed E-state index contributed by atoms with van der Waals surface area (Å²) in [5, 5.41) is 9.35. The minimum Gasteiger partial charge on any atom is -0.396 e. The SMILES string of the molecule is Nc1cc2c(cnc3nnc(N4CCCc5c(C#CC6CC6)cccc54)n32)cc1F. The number of rotatable bonds is 1. The number of hydrogen-bond acceptors (Lipinski definition) is 5. The first kappa shape index (κ1) is 17.2. The van der Waals surface area contributed by atoms with Gasteiger partial charge in [0.1, 0.15) is 5.82 Å². The minimum atomic E-state index is -0.458. The standard InChI is InChI=1S/C23H19FN6/c24-18-11-16-13-26-22-27-28-23(30(22)21(16)12-19(18)25)29-10-2-4-17-15(3-1-5-20(17)29)9-8-14-6-7-14/h1,3,5,11-14H,2,4,6-7,10,25H2. The van der Waals surface area contributed by atoms with E-state index in [1.165, 1.54) is 24.5 Å². The van der Waals surface area contributed by atoms with Crippen LogP contribution >= 0.6 is 0 Å². The van der Waals surface area contributed by atoms with Gasteiger partial charge in [-0.3, -0.25) is 0 Å². The fraction of sp³-hybridized carbons (Fsp3) is 0.261. The van der Waals surface area contributed by atoms with E-state index in [2.05, 4.69) is 44.1 Å². The van der Waals surface area contributed by atoms with Crippen LogP contribution in [0.25, 0.3) is 16.7 Å². The van der Waals surface area contributed by atoms with Gasteiger partial charge in [0.15, 0.2) is 0 Å². The molecule has 0 radical (unpaired) electrons. The van der Waals surface area contributed by atoms with Crippen LogP contribution in [0.4, 0.5) is 21.7 Å². The number of nitrogen functional groups attached to an aromatic ring is 1.